The molecule has 0 heterocycles. The van der Waals surface area contributed by atoms with Crippen molar-refractivity contribution in [2.45, 2.75) is 77.9 Å². The Morgan fingerprint density at radius 2 is 1.95 bits per heavy atom. The second-order valence-electron chi connectivity index (χ2n) is 7.63. The monoisotopic (exact) mass is 297 g/mol. The predicted molar refractivity (Wildman–Crippen MR) is 87.4 cm³/mol. The van der Waals surface area contributed by atoms with Crippen molar-refractivity contribution in [3.05, 3.63) is 0 Å². The van der Waals surface area contributed by atoms with Gasteiger partial charge in [-0.15, -0.1) is 0 Å². The van der Waals surface area contributed by atoms with Gasteiger partial charge >= 0.3 is 0 Å². The quantitative estimate of drug-likeness (QED) is 0.686. The summed E-state index contributed by atoms with van der Waals surface area (Å²) in [6.45, 7) is 9.07. The van der Waals surface area contributed by atoms with Gasteiger partial charge in [-0.05, 0) is 42.9 Å². The molecule has 2 aliphatic carbocycles. The molecule has 0 aromatic carbocycles. The van der Waals surface area contributed by atoms with E-state index in [1.165, 1.54) is 44.9 Å². The summed E-state index contributed by atoms with van der Waals surface area (Å²) in [5.74, 6) is 1.44. The summed E-state index contributed by atoms with van der Waals surface area (Å²) < 4.78 is 6.00. The molecule has 2 aliphatic rings. The van der Waals surface area contributed by atoms with Gasteiger partial charge < -0.3 is 15.2 Å². The van der Waals surface area contributed by atoms with Crippen LogP contribution in [0, 0.1) is 17.3 Å². The zero-order chi connectivity index (χ0) is 15.3. The third-order valence-electron chi connectivity index (χ3n) is 5.84. The van der Waals surface area contributed by atoms with Crippen LogP contribution in [-0.2, 0) is 4.74 Å². The van der Waals surface area contributed by atoms with E-state index in [-0.39, 0.29) is 6.10 Å². The molecule has 3 unspecified atom stereocenters. The standard InChI is InChI=1S/C18H35NO2/c1-4-15-7-5-6-8-17(15)21-12-16(20)11-19-13-18(9-10-18)14(2)3/h14-17,19-20H,4-13H2,1-3H3. The van der Waals surface area contributed by atoms with E-state index in [1.54, 1.807) is 0 Å². The Labute approximate surface area is 130 Å². The molecule has 2 rings (SSSR count). The lowest BCUT2D eigenvalue weighted by atomic mass is 9.85. The molecule has 0 bridgehead atoms. The van der Waals surface area contributed by atoms with Gasteiger partial charge in [-0.2, -0.15) is 0 Å². The molecule has 0 aromatic heterocycles. The molecule has 0 amide bonds. The first-order chi connectivity index (χ1) is 10.1. The van der Waals surface area contributed by atoms with Gasteiger partial charge in [0.2, 0.25) is 0 Å². The zero-order valence-corrected chi connectivity index (χ0v) is 14.2. The number of hydrogen-bond donors (Lipinski definition) is 2. The largest absolute Gasteiger partial charge is 0.389 e. The predicted octanol–water partition coefficient (Wildman–Crippen LogP) is 3.36. The van der Waals surface area contributed by atoms with E-state index < -0.39 is 0 Å². The van der Waals surface area contributed by atoms with E-state index >= 15 is 0 Å². The Morgan fingerprint density at radius 1 is 1.24 bits per heavy atom. The van der Waals surface area contributed by atoms with Crippen LogP contribution in [0.15, 0.2) is 0 Å². The minimum absolute atomic E-state index is 0.368. The molecule has 0 radical (unpaired) electrons. The van der Waals surface area contributed by atoms with Crippen LogP contribution in [0.3, 0.4) is 0 Å². The van der Waals surface area contributed by atoms with Gasteiger partial charge in [0.1, 0.15) is 0 Å². The number of aliphatic hydroxyl groups excluding tert-OH is 1. The molecule has 3 nitrogen and oxygen atoms in total. The second-order valence-corrected chi connectivity index (χ2v) is 7.63. The van der Waals surface area contributed by atoms with Crippen molar-refractivity contribution in [2.24, 2.45) is 17.3 Å². The molecular formula is C18H35NO2. The summed E-state index contributed by atoms with van der Waals surface area (Å²) in [4.78, 5) is 0. The third kappa shape index (κ3) is 4.94. The first-order valence-electron chi connectivity index (χ1n) is 9.08. The van der Waals surface area contributed by atoms with Gasteiger partial charge in [0, 0.05) is 13.1 Å². The average Bonchev–Trinajstić information content (AvgIpc) is 3.26. The normalized spacial score (nSPS) is 29.6. The first-order valence-corrected chi connectivity index (χ1v) is 9.08. The number of ether oxygens (including phenoxy) is 1. The number of rotatable bonds is 9. The van der Waals surface area contributed by atoms with Crippen LogP contribution in [0.2, 0.25) is 0 Å². The first kappa shape index (κ1) is 17.2. The lowest BCUT2D eigenvalue weighted by molar-refractivity contribution is -0.0501. The summed E-state index contributed by atoms with van der Waals surface area (Å²) in [5, 5.41) is 13.6. The third-order valence-corrected chi connectivity index (χ3v) is 5.84. The maximum atomic E-state index is 10.1. The van der Waals surface area contributed by atoms with Crippen molar-refractivity contribution in [2.75, 3.05) is 19.7 Å². The molecule has 0 aromatic rings. The SMILES string of the molecule is CCC1CCCCC1OCC(O)CNCC1(C(C)C)CC1. The fourth-order valence-electron chi connectivity index (χ4n) is 3.76. The van der Waals surface area contributed by atoms with Crippen molar-refractivity contribution >= 4 is 0 Å². The van der Waals surface area contributed by atoms with E-state index in [9.17, 15) is 5.11 Å². The van der Waals surface area contributed by atoms with Crippen LogP contribution in [-0.4, -0.2) is 37.0 Å². The summed E-state index contributed by atoms with van der Waals surface area (Å²) in [7, 11) is 0. The molecule has 0 aliphatic heterocycles. The highest BCUT2D eigenvalue weighted by Crippen LogP contribution is 2.51. The molecule has 2 saturated carbocycles. The van der Waals surface area contributed by atoms with Crippen LogP contribution in [0.25, 0.3) is 0 Å². The Hall–Kier alpha value is -0.120. The van der Waals surface area contributed by atoms with Gasteiger partial charge in [0.25, 0.3) is 0 Å². The minimum atomic E-state index is -0.368. The molecule has 0 spiro atoms. The van der Waals surface area contributed by atoms with Gasteiger partial charge in [0.15, 0.2) is 0 Å². The maximum Gasteiger partial charge on any atom is 0.0897 e. The van der Waals surface area contributed by atoms with Crippen LogP contribution >= 0.6 is 0 Å². The molecule has 2 N–H and O–H groups in total. The Kier molecular flexibility index (Phi) is 6.51. The lowest BCUT2D eigenvalue weighted by Gasteiger charge is -2.31. The number of nitrogens with one attached hydrogen (secondary N) is 1. The Morgan fingerprint density at radius 3 is 2.57 bits per heavy atom. The van der Waals surface area contributed by atoms with E-state index in [0.29, 0.717) is 30.6 Å². The van der Waals surface area contributed by atoms with Crippen molar-refractivity contribution < 1.29 is 9.84 Å². The molecular weight excluding hydrogens is 262 g/mol. The van der Waals surface area contributed by atoms with Crippen molar-refractivity contribution in [1.29, 1.82) is 0 Å². The summed E-state index contributed by atoms with van der Waals surface area (Å²) in [5.41, 5.74) is 0.511. The lowest BCUT2D eigenvalue weighted by Crippen LogP contribution is -2.37. The molecule has 124 valence electrons. The van der Waals surface area contributed by atoms with Gasteiger partial charge in [-0.1, -0.05) is 40.0 Å². The minimum Gasteiger partial charge on any atom is -0.389 e. The molecule has 2 fully saturated rings. The molecule has 3 heteroatoms. The van der Waals surface area contributed by atoms with Gasteiger partial charge in [-0.25, -0.2) is 0 Å². The smallest absolute Gasteiger partial charge is 0.0897 e. The Bertz CT molecular complexity index is 302. The summed E-state index contributed by atoms with van der Waals surface area (Å²) in [6, 6.07) is 0. The topological polar surface area (TPSA) is 41.5 Å². The highest BCUT2D eigenvalue weighted by atomic mass is 16.5. The van der Waals surface area contributed by atoms with Crippen molar-refractivity contribution in [3.63, 3.8) is 0 Å². The van der Waals surface area contributed by atoms with Crippen molar-refractivity contribution in [1.82, 2.24) is 5.32 Å². The fourth-order valence-corrected chi connectivity index (χ4v) is 3.76. The molecule has 21 heavy (non-hydrogen) atoms. The van der Waals surface area contributed by atoms with Crippen LogP contribution < -0.4 is 5.32 Å². The number of hydrogen-bond acceptors (Lipinski definition) is 3. The number of aliphatic hydroxyl groups is 1. The Balaban J connectivity index is 1.60. The van der Waals surface area contributed by atoms with E-state index in [0.717, 1.165) is 12.5 Å². The zero-order valence-electron chi connectivity index (χ0n) is 14.2. The van der Waals surface area contributed by atoms with E-state index in [2.05, 4.69) is 26.1 Å². The second kappa shape index (κ2) is 7.94. The van der Waals surface area contributed by atoms with Gasteiger partial charge in [-0.3, -0.25) is 0 Å². The fraction of sp³-hybridized carbons (Fsp3) is 1.00. The summed E-state index contributed by atoms with van der Waals surface area (Å²) in [6.07, 6.45) is 9.00. The van der Waals surface area contributed by atoms with Crippen LogP contribution in [0.1, 0.15) is 65.7 Å². The molecule has 0 saturated heterocycles. The van der Waals surface area contributed by atoms with Crippen molar-refractivity contribution in [3.8, 4) is 0 Å². The highest BCUT2D eigenvalue weighted by molar-refractivity contribution is 4.97. The van der Waals surface area contributed by atoms with Gasteiger partial charge in [0.05, 0.1) is 18.8 Å². The molecule has 3 atom stereocenters. The average molecular weight is 297 g/mol. The highest BCUT2D eigenvalue weighted by Gasteiger charge is 2.44. The van der Waals surface area contributed by atoms with E-state index in [4.69, 9.17) is 4.74 Å². The van der Waals surface area contributed by atoms with Crippen LogP contribution in [0.4, 0.5) is 0 Å². The van der Waals surface area contributed by atoms with E-state index in [1.807, 2.05) is 0 Å². The maximum absolute atomic E-state index is 10.1. The summed E-state index contributed by atoms with van der Waals surface area (Å²) >= 11 is 0. The van der Waals surface area contributed by atoms with Crippen LogP contribution in [0.5, 0.6) is 0 Å².